The summed E-state index contributed by atoms with van der Waals surface area (Å²) in [7, 11) is 0. The van der Waals surface area contributed by atoms with Crippen molar-refractivity contribution in [2.24, 2.45) is 0 Å². The van der Waals surface area contributed by atoms with E-state index in [9.17, 15) is 10.1 Å². The second-order valence-electron chi connectivity index (χ2n) is 4.81. The maximum absolute atomic E-state index is 11.1. The van der Waals surface area contributed by atoms with Crippen molar-refractivity contribution in [3.63, 3.8) is 0 Å². The predicted molar refractivity (Wildman–Crippen MR) is 80.7 cm³/mol. The van der Waals surface area contributed by atoms with Gasteiger partial charge < -0.3 is 11.1 Å². The maximum Gasteiger partial charge on any atom is 0.314 e. The summed E-state index contributed by atoms with van der Waals surface area (Å²) in [5.41, 5.74) is 6.45. The Morgan fingerprint density at radius 1 is 1.42 bits per heavy atom. The first-order valence-corrected chi connectivity index (χ1v) is 7.74. The van der Waals surface area contributed by atoms with Crippen molar-refractivity contribution in [3.8, 4) is 0 Å². The van der Waals surface area contributed by atoms with Gasteiger partial charge in [0, 0.05) is 11.3 Å². The number of hydrogen-bond acceptors (Lipinski definition) is 5. The van der Waals surface area contributed by atoms with Crippen molar-refractivity contribution >= 4 is 28.8 Å². The molecule has 0 bridgehead atoms. The number of rotatable bonds is 4. The van der Waals surface area contributed by atoms with Crippen molar-refractivity contribution in [3.05, 3.63) is 28.3 Å². The number of nitro groups is 1. The van der Waals surface area contributed by atoms with Gasteiger partial charge in [-0.3, -0.25) is 10.1 Å². The molecule has 5 nitrogen and oxygen atoms in total. The summed E-state index contributed by atoms with van der Waals surface area (Å²) in [6.07, 6.45) is 6.72. The molecule has 1 fully saturated rings. The smallest absolute Gasteiger partial charge is 0.314 e. The highest BCUT2D eigenvalue weighted by Gasteiger charge is 2.27. The van der Waals surface area contributed by atoms with Gasteiger partial charge in [-0.2, -0.15) is 11.8 Å². The standard InChI is InChI=1S/C13H19N3O2S/c1-19-12-8-3-2-6-10(12)15-11-7-4-5-9(14)13(11)16(17)18/h4-5,7,10,12,15H,2-3,6,8,14H2,1H3. The minimum atomic E-state index is -0.408. The minimum absolute atomic E-state index is 0.00655. The lowest BCUT2D eigenvalue weighted by molar-refractivity contribution is -0.383. The van der Waals surface area contributed by atoms with E-state index in [1.165, 1.54) is 12.8 Å². The van der Waals surface area contributed by atoms with Crippen LogP contribution in [-0.2, 0) is 0 Å². The molecule has 19 heavy (non-hydrogen) atoms. The molecule has 2 unspecified atom stereocenters. The van der Waals surface area contributed by atoms with Crippen LogP contribution in [0.2, 0.25) is 0 Å². The molecule has 6 heteroatoms. The van der Waals surface area contributed by atoms with Gasteiger partial charge in [0.1, 0.15) is 11.4 Å². The van der Waals surface area contributed by atoms with Crippen molar-refractivity contribution in [1.29, 1.82) is 0 Å². The Labute approximate surface area is 117 Å². The molecule has 1 aliphatic carbocycles. The molecule has 0 spiro atoms. The molecule has 0 radical (unpaired) electrons. The molecule has 2 rings (SSSR count). The van der Waals surface area contributed by atoms with Crippen LogP contribution >= 0.6 is 11.8 Å². The molecular formula is C13H19N3O2S. The highest BCUT2D eigenvalue weighted by atomic mass is 32.2. The van der Waals surface area contributed by atoms with Gasteiger partial charge in [0.25, 0.3) is 0 Å². The lowest BCUT2D eigenvalue weighted by atomic mass is 9.94. The molecular weight excluding hydrogens is 262 g/mol. The van der Waals surface area contributed by atoms with E-state index in [-0.39, 0.29) is 17.4 Å². The summed E-state index contributed by atoms with van der Waals surface area (Å²) in [6, 6.07) is 5.34. The number of nitro benzene ring substituents is 1. The molecule has 0 amide bonds. The minimum Gasteiger partial charge on any atom is -0.393 e. The Morgan fingerprint density at radius 3 is 2.84 bits per heavy atom. The van der Waals surface area contributed by atoms with E-state index in [1.807, 2.05) is 11.8 Å². The van der Waals surface area contributed by atoms with Crippen LogP contribution in [0.5, 0.6) is 0 Å². The largest absolute Gasteiger partial charge is 0.393 e. The van der Waals surface area contributed by atoms with E-state index in [2.05, 4.69) is 11.6 Å². The Bertz CT molecular complexity index is 467. The van der Waals surface area contributed by atoms with Gasteiger partial charge in [0.05, 0.1) is 4.92 Å². The van der Waals surface area contributed by atoms with E-state index in [1.54, 1.807) is 18.2 Å². The van der Waals surface area contributed by atoms with E-state index in [4.69, 9.17) is 5.73 Å². The summed E-state index contributed by atoms with van der Waals surface area (Å²) in [5, 5.41) is 15.0. The Hall–Kier alpha value is -1.43. The summed E-state index contributed by atoms with van der Waals surface area (Å²) in [4.78, 5) is 10.7. The number of nitrogens with two attached hydrogens (primary N) is 1. The van der Waals surface area contributed by atoms with Crippen LogP contribution in [0, 0.1) is 10.1 Å². The number of nitrogen functional groups attached to an aromatic ring is 1. The number of para-hydroxylation sites is 1. The van der Waals surface area contributed by atoms with Gasteiger partial charge in [-0.15, -0.1) is 0 Å². The Morgan fingerprint density at radius 2 is 2.16 bits per heavy atom. The van der Waals surface area contributed by atoms with Crippen molar-refractivity contribution < 1.29 is 4.92 Å². The lowest BCUT2D eigenvalue weighted by Gasteiger charge is -2.31. The predicted octanol–water partition coefficient (Wildman–Crippen LogP) is 3.26. The topological polar surface area (TPSA) is 81.2 Å². The van der Waals surface area contributed by atoms with E-state index < -0.39 is 4.92 Å². The molecule has 0 aromatic heterocycles. The third-order valence-corrected chi connectivity index (χ3v) is 4.77. The number of anilines is 2. The summed E-state index contributed by atoms with van der Waals surface area (Å²) in [6.45, 7) is 0. The number of nitrogens with one attached hydrogen (secondary N) is 1. The molecule has 1 aromatic carbocycles. The van der Waals surface area contributed by atoms with Gasteiger partial charge in [-0.05, 0) is 31.2 Å². The fourth-order valence-electron chi connectivity index (χ4n) is 2.63. The molecule has 0 saturated heterocycles. The molecule has 0 heterocycles. The second kappa shape index (κ2) is 6.14. The SMILES string of the molecule is CSC1CCCCC1Nc1cccc(N)c1[N+](=O)[O-]. The highest BCUT2D eigenvalue weighted by Crippen LogP contribution is 2.35. The number of thioether (sulfide) groups is 1. The average Bonchev–Trinajstić information content (AvgIpc) is 2.39. The Balaban J connectivity index is 2.22. The Kier molecular flexibility index (Phi) is 4.52. The molecule has 1 saturated carbocycles. The fraction of sp³-hybridized carbons (Fsp3) is 0.538. The summed E-state index contributed by atoms with van der Waals surface area (Å²) >= 11 is 1.83. The van der Waals surface area contributed by atoms with Crippen LogP contribution in [0.1, 0.15) is 25.7 Å². The van der Waals surface area contributed by atoms with Crippen LogP contribution in [-0.4, -0.2) is 22.5 Å². The van der Waals surface area contributed by atoms with Gasteiger partial charge in [-0.1, -0.05) is 18.9 Å². The van der Waals surface area contributed by atoms with Crippen molar-refractivity contribution in [1.82, 2.24) is 0 Å². The highest BCUT2D eigenvalue weighted by molar-refractivity contribution is 7.99. The second-order valence-corrected chi connectivity index (χ2v) is 5.89. The zero-order chi connectivity index (χ0) is 13.8. The zero-order valence-electron chi connectivity index (χ0n) is 11.0. The van der Waals surface area contributed by atoms with E-state index >= 15 is 0 Å². The quantitative estimate of drug-likeness (QED) is 0.503. The van der Waals surface area contributed by atoms with Crippen LogP contribution in [0.25, 0.3) is 0 Å². The molecule has 1 aliphatic rings. The molecule has 3 N–H and O–H groups in total. The molecule has 104 valence electrons. The summed E-state index contributed by atoms with van der Waals surface area (Å²) in [5.74, 6) is 0. The van der Waals surface area contributed by atoms with Gasteiger partial charge in [0.15, 0.2) is 0 Å². The molecule has 0 aliphatic heterocycles. The van der Waals surface area contributed by atoms with Gasteiger partial charge in [0.2, 0.25) is 0 Å². The first-order valence-electron chi connectivity index (χ1n) is 6.45. The zero-order valence-corrected chi connectivity index (χ0v) is 11.8. The summed E-state index contributed by atoms with van der Waals surface area (Å²) < 4.78 is 0. The molecule has 2 atom stereocenters. The van der Waals surface area contributed by atoms with Gasteiger partial charge in [-0.25, -0.2) is 0 Å². The first-order chi connectivity index (χ1) is 9.13. The number of benzene rings is 1. The third kappa shape index (κ3) is 3.12. The van der Waals surface area contributed by atoms with Gasteiger partial charge >= 0.3 is 5.69 Å². The first kappa shape index (κ1) is 14.0. The molecule has 1 aromatic rings. The van der Waals surface area contributed by atoms with Crippen LogP contribution < -0.4 is 11.1 Å². The van der Waals surface area contributed by atoms with Crippen molar-refractivity contribution in [2.45, 2.75) is 37.0 Å². The van der Waals surface area contributed by atoms with E-state index in [0.717, 1.165) is 12.8 Å². The number of hydrogen-bond donors (Lipinski definition) is 2. The van der Waals surface area contributed by atoms with Crippen LogP contribution in [0.15, 0.2) is 18.2 Å². The monoisotopic (exact) mass is 281 g/mol. The van der Waals surface area contributed by atoms with E-state index in [0.29, 0.717) is 10.9 Å². The van der Waals surface area contributed by atoms with Crippen molar-refractivity contribution in [2.75, 3.05) is 17.3 Å². The van der Waals surface area contributed by atoms with Crippen LogP contribution in [0.4, 0.5) is 17.1 Å². The normalized spacial score (nSPS) is 23.0. The number of nitrogens with zero attached hydrogens (tertiary/aromatic N) is 1. The van der Waals surface area contributed by atoms with Crippen LogP contribution in [0.3, 0.4) is 0 Å². The third-order valence-electron chi connectivity index (χ3n) is 3.60. The fourth-order valence-corrected chi connectivity index (χ4v) is 3.56. The maximum atomic E-state index is 11.1. The lowest BCUT2D eigenvalue weighted by Crippen LogP contribution is -2.34. The average molecular weight is 281 g/mol.